The highest BCUT2D eigenvalue weighted by Gasteiger charge is 2.13. The van der Waals surface area contributed by atoms with E-state index in [0.717, 1.165) is 5.56 Å². The van der Waals surface area contributed by atoms with Gasteiger partial charge in [-0.1, -0.05) is 0 Å². The third kappa shape index (κ3) is 5.56. The molecule has 0 aliphatic carbocycles. The number of ether oxygens (including phenoxy) is 3. The molecule has 0 aliphatic rings. The van der Waals surface area contributed by atoms with E-state index >= 15 is 0 Å². The molecule has 1 aromatic heterocycles. The molecule has 5 N–H and O–H groups in total. The van der Waals surface area contributed by atoms with Crippen LogP contribution in [0.1, 0.15) is 0 Å². The Balaban J connectivity index is 2.28. The van der Waals surface area contributed by atoms with Crippen LogP contribution in [0.2, 0.25) is 0 Å². The van der Waals surface area contributed by atoms with Crippen LogP contribution in [0.15, 0.2) is 34.1 Å². The minimum atomic E-state index is -0.294. The van der Waals surface area contributed by atoms with Gasteiger partial charge in [0.15, 0.2) is 10.7 Å². The van der Waals surface area contributed by atoms with Crippen LogP contribution in [0.25, 0.3) is 11.3 Å². The first kappa shape index (κ1) is 20.5. The molecule has 10 heteroatoms. The lowest BCUT2D eigenvalue weighted by atomic mass is 10.1. The summed E-state index contributed by atoms with van der Waals surface area (Å²) in [5.74, 6) is 1.24. The van der Waals surface area contributed by atoms with Gasteiger partial charge in [-0.2, -0.15) is 0 Å². The predicted molar refractivity (Wildman–Crippen MR) is 106 cm³/mol. The summed E-state index contributed by atoms with van der Waals surface area (Å²) in [4.78, 5) is 18.4. The molecule has 0 aliphatic heterocycles. The number of benzene rings is 1. The van der Waals surface area contributed by atoms with E-state index in [1.165, 1.54) is 6.07 Å². The van der Waals surface area contributed by atoms with Gasteiger partial charge in [0.1, 0.15) is 11.5 Å². The minimum Gasteiger partial charge on any atom is -0.497 e. The third-order valence-corrected chi connectivity index (χ3v) is 4.03. The average Bonchev–Trinajstić information content (AvgIpc) is 2.64. The predicted octanol–water partition coefficient (Wildman–Crippen LogP) is 0.880. The SMILES string of the molecule is COc1ccc(-c2cc(=O)[nH]c(=S)n2CCOCCN=C(N)N)c(OC)c1. The standard InChI is InChI=1S/C17H23N5O4S/c1-24-11-3-4-12(14(9-11)25-2)13-10-15(23)21-17(27)22(13)6-8-26-7-5-20-16(18)19/h3-4,9-10H,5-8H2,1-2H3,(H4,18,19,20)(H,21,23,27). The molecule has 0 atom stereocenters. The van der Waals surface area contributed by atoms with Crippen molar-refractivity contribution in [1.82, 2.24) is 9.55 Å². The van der Waals surface area contributed by atoms with Gasteiger partial charge >= 0.3 is 0 Å². The number of hydrogen-bond donors (Lipinski definition) is 3. The van der Waals surface area contributed by atoms with Gasteiger partial charge in [0.05, 0.1) is 39.7 Å². The lowest BCUT2D eigenvalue weighted by Crippen LogP contribution is -2.23. The van der Waals surface area contributed by atoms with E-state index in [1.807, 2.05) is 6.07 Å². The zero-order valence-corrected chi connectivity index (χ0v) is 16.0. The van der Waals surface area contributed by atoms with E-state index in [1.54, 1.807) is 30.9 Å². The second-order valence-electron chi connectivity index (χ2n) is 5.46. The van der Waals surface area contributed by atoms with Crippen LogP contribution >= 0.6 is 12.2 Å². The summed E-state index contributed by atoms with van der Waals surface area (Å²) in [5.41, 5.74) is 11.6. The van der Waals surface area contributed by atoms with Crippen molar-refractivity contribution in [3.63, 3.8) is 0 Å². The monoisotopic (exact) mass is 393 g/mol. The van der Waals surface area contributed by atoms with Gasteiger partial charge in [-0.05, 0) is 24.4 Å². The Hall–Kier alpha value is -2.85. The number of H-pyrrole nitrogens is 1. The molecule has 2 aromatic rings. The van der Waals surface area contributed by atoms with Crippen LogP contribution in [-0.2, 0) is 11.3 Å². The largest absolute Gasteiger partial charge is 0.497 e. The van der Waals surface area contributed by atoms with Crippen LogP contribution < -0.4 is 26.5 Å². The maximum absolute atomic E-state index is 12.0. The number of hydrogen-bond acceptors (Lipinski definition) is 6. The number of nitrogens with one attached hydrogen (secondary N) is 1. The van der Waals surface area contributed by atoms with Gasteiger partial charge in [-0.15, -0.1) is 0 Å². The van der Waals surface area contributed by atoms with Crippen LogP contribution in [0.3, 0.4) is 0 Å². The van der Waals surface area contributed by atoms with E-state index in [9.17, 15) is 4.79 Å². The van der Waals surface area contributed by atoms with Crippen molar-refractivity contribution in [2.45, 2.75) is 6.54 Å². The quantitative estimate of drug-likeness (QED) is 0.249. The molecule has 146 valence electrons. The van der Waals surface area contributed by atoms with Crippen molar-refractivity contribution in [3.8, 4) is 22.8 Å². The molecule has 1 heterocycles. The third-order valence-electron chi connectivity index (χ3n) is 3.71. The van der Waals surface area contributed by atoms with Gasteiger partial charge in [-0.3, -0.25) is 14.8 Å². The van der Waals surface area contributed by atoms with Crippen molar-refractivity contribution in [2.75, 3.05) is 34.0 Å². The van der Waals surface area contributed by atoms with Gasteiger partial charge in [-0.25, -0.2) is 0 Å². The number of guanidine groups is 1. The van der Waals surface area contributed by atoms with E-state index in [2.05, 4.69) is 9.98 Å². The number of aliphatic imine (C=N–C) groups is 1. The zero-order valence-electron chi connectivity index (χ0n) is 15.2. The van der Waals surface area contributed by atoms with Crippen molar-refractivity contribution < 1.29 is 14.2 Å². The fraction of sp³-hybridized carbons (Fsp3) is 0.353. The Bertz CT molecular complexity index is 918. The number of nitrogens with zero attached hydrogens (tertiary/aromatic N) is 2. The molecule has 0 saturated heterocycles. The maximum Gasteiger partial charge on any atom is 0.252 e. The second-order valence-corrected chi connectivity index (χ2v) is 5.85. The van der Waals surface area contributed by atoms with Crippen LogP contribution in [0.5, 0.6) is 11.5 Å². The highest BCUT2D eigenvalue weighted by atomic mass is 32.1. The summed E-state index contributed by atoms with van der Waals surface area (Å²) in [6.45, 7) is 1.54. The zero-order chi connectivity index (χ0) is 19.8. The molecule has 9 nitrogen and oxygen atoms in total. The van der Waals surface area contributed by atoms with Crippen LogP contribution in [0.4, 0.5) is 0 Å². The second kappa shape index (κ2) is 9.74. The highest BCUT2D eigenvalue weighted by Crippen LogP contribution is 2.32. The molecule has 0 amide bonds. The Morgan fingerprint density at radius 2 is 2.00 bits per heavy atom. The summed E-state index contributed by atoms with van der Waals surface area (Å²) in [5, 5.41) is 0. The Labute approximate surface area is 161 Å². The number of rotatable bonds is 9. The number of methoxy groups -OCH3 is 2. The Kier molecular flexibility index (Phi) is 7.38. The van der Waals surface area contributed by atoms with E-state index in [0.29, 0.717) is 48.3 Å². The first-order valence-electron chi connectivity index (χ1n) is 8.16. The molecule has 1 aromatic carbocycles. The topological polar surface area (TPSA) is 130 Å². The molecule has 0 fully saturated rings. The first-order chi connectivity index (χ1) is 13.0. The van der Waals surface area contributed by atoms with E-state index in [4.69, 9.17) is 37.9 Å². The average molecular weight is 393 g/mol. The normalized spacial score (nSPS) is 10.4. The highest BCUT2D eigenvalue weighted by molar-refractivity contribution is 7.71. The molecular formula is C17H23N5O4S. The van der Waals surface area contributed by atoms with Gasteiger partial charge in [0.25, 0.3) is 5.56 Å². The van der Waals surface area contributed by atoms with E-state index < -0.39 is 0 Å². The fourth-order valence-corrected chi connectivity index (χ4v) is 2.76. The van der Waals surface area contributed by atoms with Gasteiger partial charge in [0.2, 0.25) is 0 Å². The summed E-state index contributed by atoms with van der Waals surface area (Å²) >= 11 is 5.32. The number of nitrogens with two attached hydrogens (primary N) is 2. The summed E-state index contributed by atoms with van der Waals surface area (Å²) in [6.07, 6.45) is 0. The molecular weight excluding hydrogens is 370 g/mol. The number of aromatic amines is 1. The molecule has 0 unspecified atom stereocenters. The smallest absolute Gasteiger partial charge is 0.252 e. The van der Waals surface area contributed by atoms with Gasteiger partial charge in [0, 0.05) is 24.2 Å². The van der Waals surface area contributed by atoms with E-state index in [-0.39, 0.29) is 11.5 Å². The minimum absolute atomic E-state index is 0.0235. The fourth-order valence-electron chi connectivity index (χ4n) is 2.47. The van der Waals surface area contributed by atoms with Crippen molar-refractivity contribution in [2.24, 2.45) is 16.5 Å². The first-order valence-corrected chi connectivity index (χ1v) is 8.56. The Morgan fingerprint density at radius 3 is 2.67 bits per heavy atom. The molecule has 0 saturated carbocycles. The summed E-state index contributed by atoms with van der Waals surface area (Å²) in [6, 6.07) is 6.82. The molecule has 2 rings (SSSR count). The van der Waals surface area contributed by atoms with Crippen LogP contribution in [-0.4, -0.2) is 49.5 Å². The molecule has 0 radical (unpaired) electrons. The molecule has 0 bridgehead atoms. The lowest BCUT2D eigenvalue weighted by molar-refractivity contribution is 0.133. The summed E-state index contributed by atoms with van der Waals surface area (Å²) in [7, 11) is 3.13. The number of aromatic nitrogens is 2. The maximum atomic E-state index is 12.0. The van der Waals surface area contributed by atoms with Crippen molar-refractivity contribution >= 4 is 18.2 Å². The van der Waals surface area contributed by atoms with Crippen LogP contribution in [0, 0.1) is 4.77 Å². The lowest BCUT2D eigenvalue weighted by Gasteiger charge is -2.16. The molecule has 27 heavy (non-hydrogen) atoms. The van der Waals surface area contributed by atoms with Crippen molar-refractivity contribution in [3.05, 3.63) is 39.4 Å². The van der Waals surface area contributed by atoms with Gasteiger partial charge < -0.3 is 30.2 Å². The van der Waals surface area contributed by atoms with Crippen molar-refractivity contribution in [1.29, 1.82) is 0 Å². The molecule has 0 spiro atoms. The Morgan fingerprint density at radius 1 is 1.22 bits per heavy atom. The summed E-state index contributed by atoms with van der Waals surface area (Å²) < 4.78 is 18.3.